The summed E-state index contributed by atoms with van der Waals surface area (Å²) in [4.78, 5) is 13.2. The third-order valence-corrected chi connectivity index (χ3v) is 4.55. The summed E-state index contributed by atoms with van der Waals surface area (Å²) in [5.74, 6) is 0.0681. The van der Waals surface area contributed by atoms with Crippen molar-refractivity contribution in [3.05, 3.63) is 28.2 Å². The molecule has 4 nitrogen and oxygen atoms in total. The number of hydrogen-bond donors (Lipinski definition) is 0. The van der Waals surface area contributed by atoms with Crippen LogP contribution in [0.15, 0.2) is 18.2 Å². The van der Waals surface area contributed by atoms with Gasteiger partial charge in [0, 0.05) is 24.2 Å². The van der Waals surface area contributed by atoms with E-state index >= 15 is 0 Å². The van der Waals surface area contributed by atoms with E-state index in [1.807, 2.05) is 0 Å². The molecule has 0 aliphatic carbocycles. The number of carbonyl (C=O) groups excluding carboxylic acids is 1. The smallest absolute Gasteiger partial charge is 0.410 e. The molecule has 1 aromatic rings. The Bertz CT molecular complexity index is 676. The first-order chi connectivity index (χ1) is 11.8. The van der Waals surface area contributed by atoms with Crippen LogP contribution in [0.25, 0.3) is 0 Å². The average Bonchev–Trinajstić information content (AvgIpc) is 2.92. The van der Waals surface area contributed by atoms with E-state index in [1.165, 1.54) is 18.2 Å². The predicted octanol–water partition coefficient (Wildman–Crippen LogP) is 5.56. The number of ether oxygens (including phenoxy) is 2. The number of alkyl halides is 3. The number of amides is 1. The van der Waals surface area contributed by atoms with Crippen molar-refractivity contribution >= 4 is 29.3 Å². The predicted molar refractivity (Wildman–Crippen MR) is 92.9 cm³/mol. The van der Waals surface area contributed by atoms with Gasteiger partial charge in [-0.15, -0.1) is 0 Å². The van der Waals surface area contributed by atoms with Crippen LogP contribution in [0.1, 0.15) is 27.2 Å². The van der Waals surface area contributed by atoms with Crippen molar-refractivity contribution in [3.8, 4) is 5.75 Å². The molecular weight excluding hydrogens is 394 g/mol. The molecule has 1 unspecified atom stereocenters. The summed E-state index contributed by atoms with van der Waals surface area (Å²) in [6.45, 7) is 3.69. The highest BCUT2D eigenvalue weighted by atomic mass is 35.5. The third-order valence-electron chi connectivity index (χ3n) is 4.00. The molecular formula is C17H20Cl2F3NO3. The topological polar surface area (TPSA) is 38.8 Å². The normalized spacial score (nSPS) is 21.0. The van der Waals surface area contributed by atoms with Crippen LogP contribution in [0, 0.1) is 5.41 Å². The molecule has 1 atom stereocenters. The van der Waals surface area contributed by atoms with Gasteiger partial charge in [0.15, 0.2) is 0 Å². The van der Waals surface area contributed by atoms with E-state index in [1.54, 1.807) is 20.8 Å². The zero-order chi connectivity index (χ0) is 19.8. The van der Waals surface area contributed by atoms with Crippen LogP contribution in [0.5, 0.6) is 5.75 Å². The van der Waals surface area contributed by atoms with Gasteiger partial charge in [-0.05, 0) is 39.3 Å². The van der Waals surface area contributed by atoms with Crippen LogP contribution in [0.2, 0.25) is 10.0 Å². The van der Waals surface area contributed by atoms with Crippen LogP contribution in [-0.4, -0.2) is 42.5 Å². The van der Waals surface area contributed by atoms with Crippen molar-refractivity contribution in [2.75, 3.05) is 19.7 Å². The first kappa shape index (κ1) is 21.0. The molecule has 0 N–H and O–H groups in total. The molecule has 26 heavy (non-hydrogen) atoms. The summed E-state index contributed by atoms with van der Waals surface area (Å²) in [6, 6.07) is 4.31. The quantitative estimate of drug-likeness (QED) is 0.650. The number of likely N-dealkylation sites (tertiary alicyclic amines) is 1. The number of rotatable bonds is 3. The van der Waals surface area contributed by atoms with E-state index in [-0.39, 0.29) is 23.7 Å². The Morgan fingerprint density at radius 1 is 1.27 bits per heavy atom. The van der Waals surface area contributed by atoms with Crippen LogP contribution >= 0.6 is 23.2 Å². The van der Waals surface area contributed by atoms with Crippen LogP contribution < -0.4 is 4.74 Å². The Morgan fingerprint density at radius 2 is 1.92 bits per heavy atom. The minimum atomic E-state index is -4.56. The van der Waals surface area contributed by atoms with Crippen molar-refractivity contribution in [1.29, 1.82) is 0 Å². The van der Waals surface area contributed by atoms with Crippen molar-refractivity contribution in [2.45, 2.75) is 39.0 Å². The third kappa shape index (κ3) is 4.88. The van der Waals surface area contributed by atoms with E-state index in [0.717, 1.165) is 4.90 Å². The van der Waals surface area contributed by atoms with Crippen molar-refractivity contribution in [1.82, 2.24) is 4.90 Å². The lowest BCUT2D eigenvalue weighted by atomic mass is 9.87. The molecule has 0 radical (unpaired) electrons. The highest BCUT2D eigenvalue weighted by molar-refractivity contribution is 6.34. The van der Waals surface area contributed by atoms with E-state index < -0.39 is 36.4 Å². The van der Waals surface area contributed by atoms with Gasteiger partial charge in [-0.3, -0.25) is 0 Å². The fourth-order valence-electron chi connectivity index (χ4n) is 2.59. The number of hydrogen-bond acceptors (Lipinski definition) is 3. The summed E-state index contributed by atoms with van der Waals surface area (Å²) in [5, 5.41) is 0.459. The average molecular weight is 414 g/mol. The van der Waals surface area contributed by atoms with Gasteiger partial charge in [-0.25, -0.2) is 4.79 Å². The minimum Gasteiger partial charge on any atom is -0.491 e. The molecule has 0 bridgehead atoms. The molecule has 9 heteroatoms. The zero-order valence-corrected chi connectivity index (χ0v) is 16.1. The Morgan fingerprint density at radius 3 is 2.50 bits per heavy atom. The second kappa shape index (κ2) is 7.35. The van der Waals surface area contributed by atoms with E-state index in [2.05, 4.69) is 0 Å². The molecule has 0 spiro atoms. The Balaban J connectivity index is 2.15. The summed E-state index contributed by atoms with van der Waals surface area (Å²) in [5.41, 5.74) is -2.99. The molecule has 146 valence electrons. The lowest BCUT2D eigenvalue weighted by molar-refractivity contribution is -0.227. The van der Waals surface area contributed by atoms with Gasteiger partial charge in [-0.1, -0.05) is 23.2 Å². The summed E-state index contributed by atoms with van der Waals surface area (Å²) >= 11 is 11.8. The number of benzene rings is 1. The second-order valence-electron chi connectivity index (χ2n) is 7.29. The van der Waals surface area contributed by atoms with Gasteiger partial charge in [0.2, 0.25) is 0 Å². The van der Waals surface area contributed by atoms with E-state index in [9.17, 15) is 18.0 Å². The molecule has 0 aromatic heterocycles. The van der Waals surface area contributed by atoms with Gasteiger partial charge in [0.1, 0.15) is 23.4 Å². The number of halogens is 5. The number of carbonyl (C=O) groups is 1. The standard InChI is InChI=1S/C17H20Cl2F3NO3/c1-15(2,3)26-14(24)23-7-6-16(9-23,17(20,21)22)10-25-13-8-11(18)4-5-12(13)19/h4-5,8H,6-7,9-10H2,1-3H3. The number of nitrogens with zero attached hydrogens (tertiary/aromatic N) is 1. The van der Waals surface area contributed by atoms with Gasteiger partial charge in [0.25, 0.3) is 0 Å². The minimum absolute atomic E-state index is 0.0681. The molecule has 1 amide bonds. The van der Waals surface area contributed by atoms with Gasteiger partial charge in [0.05, 0.1) is 5.02 Å². The van der Waals surface area contributed by atoms with E-state index in [0.29, 0.717) is 5.02 Å². The molecule has 0 saturated carbocycles. The van der Waals surface area contributed by atoms with Gasteiger partial charge < -0.3 is 14.4 Å². The summed E-state index contributed by atoms with van der Waals surface area (Å²) in [7, 11) is 0. The Hall–Kier alpha value is -1.34. The van der Waals surface area contributed by atoms with Gasteiger partial charge in [-0.2, -0.15) is 13.2 Å². The lowest BCUT2D eigenvalue weighted by Crippen LogP contribution is -2.46. The first-order valence-corrected chi connectivity index (χ1v) is 8.71. The lowest BCUT2D eigenvalue weighted by Gasteiger charge is -2.32. The molecule has 1 aliphatic rings. The maximum atomic E-state index is 13.8. The van der Waals surface area contributed by atoms with Crippen molar-refractivity contribution in [2.24, 2.45) is 5.41 Å². The van der Waals surface area contributed by atoms with Gasteiger partial charge >= 0.3 is 12.3 Å². The molecule has 1 aromatic carbocycles. The first-order valence-electron chi connectivity index (χ1n) is 7.95. The maximum Gasteiger partial charge on any atom is 0.410 e. The monoisotopic (exact) mass is 413 g/mol. The molecule has 1 fully saturated rings. The van der Waals surface area contributed by atoms with E-state index in [4.69, 9.17) is 32.7 Å². The summed E-state index contributed by atoms with van der Waals surface area (Å²) < 4.78 is 51.8. The Labute approximate surface area is 160 Å². The van der Waals surface area contributed by atoms with Crippen molar-refractivity contribution < 1.29 is 27.4 Å². The van der Waals surface area contributed by atoms with Crippen molar-refractivity contribution in [3.63, 3.8) is 0 Å². The zero-order valence-electron chi connectivity index (χ0n) is 14.6. The second-order valence-corrected chi connectivity index (χ2v) is 8.14. The highest BCUT2D eigenvalue weighted by Gasteiger charge is 2.59. The molecule has 1 heterocycles. The molecule has 1 saturated heterocycles. The van der Waals surface area contributed by atoms with Crippen LogP contribution in [0.3, 0.4) is 0 Å². The summed E-state index contributed by atoms with van der Waals surface area (Å²) in [6.07, 6.45) is -5.62. The SMILES string of the molecule is CC(C)(C)OC(=O)N1CCC(COc2cc(Cl)ccc2Cl)(C(F)(F)F)C1. The molecule has 2 rings (SSSR count). The highest BCUT2D eigenvalue weighted by Crippen LogP contribution is 2.46. The fraction of sp³-hybridized carbons (Fsp3) is 0.588. The fourth-order valence-corrected chi connectivity index (χ4v) is 2.92. The largest absolute Gasteiger partial charge is 0.491 e. The van der Waals surface area contributed by atoms with Crippen LogP contribution in [0.4, 0.5) is 18.0 Å². The van der Waals surface area contributed by atoms with Crippen LogP contribution in [-0.2, 0) is 4.74 Å². The maximum absolute atomic E-state index is 13.8. The molecule has 1 aliphatic heterocycles. The Kier molecular flexibility index (Phi) is 5.93.